The quantitative estimate of drug-likeness (QED) is 0.273. The van der Waals surface area contributed by atoms with Crippen molar-refractivity contribution in [1.29, 1.82) is 0 Å². The molecule has 2 aliphatic heterocycles. The Balaban J connectivity index is 1.09. The Morgan fingerprint density at radius 2 is 1.17 bits per heavy atom. The molecule has 0 radical (unpaired) electrons. The molecule has 12 nitrogen and oxygen atoms in total. The predicted octanol–water partition coefficient (Wildman–Crippen LogP) is 5.96. The van der Waals surface area contributed by atoms with E-state index >= 15 is 0 Å². The number of hydrogen-bond donors (Lipinski definition) is 1. The number of para-hydroxylation sites is 2. The number of piperidine rings is 2. The number of nitro benzene ring substituents is 1. The van der Waals surface area contributed by atoms with Crippen molar-refractivity contribution in [2.45, 2.75) is 58.2 Å². The van der Waals surface area contributed by atoms with Gasteiger partial charge in [0.1, 0.15) is 13.2 Å². The average molecular weight is 570 g/mol. The fourth-order valence-electron chi connectivity index (χ4n) is 5.60. The number of benzene rings is 2. The van der Waals surface area contributed by atoms with Crippen LogP contribution in [0.2, 0.25) is 0 Å². The van der Waals surface area contributed by atoms with Crippen LogP contribution in [0.25, 0.3) is 0 Å². The number of nitro groups is 1. The molecule has 2 aromatic rings. The summed E-state index contributed by atoms with van der Waals surface area (Å²) in [5, 5.41) is 20.3. The largest absolute Gasteiger partial charge is 0.444 e. The first kappa shape index (κ1) is 29.8. The van der Waals surface area contributed by atoms with E-state index in [1.807, 2.05) is 0 Å². The molecule has 2 heterocycles. The highest BCUT2D eigenvalue weighted by atomic mass is 16.6. The van der Waals surface area contributed by atoms with Crippen LogP contribution in [0.3, 0.4) is 0 Å². The molecule has 0 aromatic heterocycles. The molecule has 1 N–H and O–H groups in total. The molecule has 2 amide bonds. The Bertz CT molecular complexity index is 1130. The lowest BCUT2D eigenvalue weighted by molar-refractivity contribution is -0.730. The van der Waals surface area contributed by atoms with Crippen molar-refractivity contribution >= 4 is 23.6 Å². The van der Waals surface area contributed by atoms with Gasteiger partial charge in [0, 0.05) is 38.3 Å². The first-order chi connectivity index (χ1) is 19.8. The molecule has 2 saturated heterocycles. The first-order valence-electron chi connectivity index (χ1n) is 14.1. The van der Waals surface area contributed by atoms with Crippen molar-refractivity contribution in [2.75, 3.05) is 26.2 Å². The molecule has 2 aromatic carbocycles. The van der Waals surface area contributed by atoms with Gasteiger partial charge in [-0.3, -0.25) is 10.1 Å². The number of carbonyl (C=O) groups excluding carboxylic acids is 2. The van der Waals surface area contributed by atoms with E-state index in [1.54, 1.807) is 46.2 Å². The van der Waals surface area contributed by atoms with Crippen LogP contribution in [0.4, 0.5) is 21.0 Å². The molecule has 2 fully saturated rings. The molecule has 0 spiro atoms. The van der Waals surface area contributed by atoms with E-state index in [9.17, 15) is 29.8 Å². The zero-order valence-corrected chi connectivity index (χ0v) is 23.1. The topological polar surface area (TPSA) is 143 Å². The highest BCUT2D eigenvalue weighted by molar-refractivity contribution is 5.68. The maximum Gasteiger partial charge on any atom is 0.410 e. The van der Waals surface area contributed by atoms with Gasteiger partial charge in [-0.15, -0.1) is 0 Å². The Labute approximate surface area is 238 Å². The van der Waals surface area contributed by atoms with E-state index in [1.165, 1.54) is 12.1 Å². The second-order valence-electron chi connectivity index (χ2n) is 10.7. The van der Waals surface area contributed by atoms with Crippen LogP contribution >= 0.6 is 0 Å². The summed E-state index contributed by atoms with van der Waals surface area (Å²) in [6.07, 6.45) is 6.11. The van der Waals surface area contributed by atoms with Crippen LogP contribution in [0.5, 0.6) is 0 Å². The van der Waals surface area contributed by atoms with Crippen molar-refractivity contribution in [2.24, 2.45) is 11.8 Å². The molecule has 0 atom stereocenters. The fourth-order valence-corrected chi connectivity index (χ4v) is 5.60. The van der Waals surface area contributed by atoms with Gasteiger partial charge in [-0.25, -0.2) is 14.8 Å². The maximum atomic E-state index is 12.5. The van der Waals surface area contributed by atoms with E-state index in [-0.39, 0.29) is 29.5 Å². The number of ether oxygens (including phenoxy) is 2. The minimum atomic E-state index is -0.474. The van der Waals surface area contributed by atoms with E-state index < -0.39 is 17.1 Å². The molecule has 0 unspecified atom stereocenters. The van der Waals surface area contributed by atoms with Gasteiger partial charge in [-0.1, -0.05) is 43.5 Å². The molecule has 41 heavy (non-hydrogen) atoms. The fraction of sp³-hybridized carbons (Fsp3) is 0.517. The van der Waals surface area contributed by atoms with Gasteiger partial charge in [0.05, 0.1) is 21.0 Å². The number of likely N-dealkylation sites (tertiary alicyclic amines) is 2. The van der Waals surface area contributed by atoms with Crippen LogP contribution < -0.4 is 0 Å². The van der Waals surface area contributed by atoms with Crippen LogP contribution in [-0.2, 0) is 22.7 Å². The van der Waals surface area contributed by atoms with E-state index in [4.69, 9.17) is 9.47 Å². The summed E-state index contributed by atoms with van der Waals surface area (Å²) in [7, 11) is 0. The molecule has 12 heteroatoms. The van der Waals surface area contributed by atoms with Crippen molar-refractivity contribution in [3.05, 3.63) is 74.7 Å². The zero-order chi connectivity index (χ0) is 29.2. The minimum absolute atomic E-state index is 0.0528. The predicted molar refractivity (Wildman–Crippen MR) is 147 cm³/mol. The molecule has 2 aliphatic rings. The van der Waals surface area contributed by atoms with E-state index in [0.717, 1.165) is 44.9 Å². The van der Waals surface area contributed by atoms with E-state index in [0.29, 0.717) is 49.1 Å². The van der Waals surface area contributed by atoms with Crippen molar-refractivity contribution in [1.82, 2.24) is 9.80 Å². The Morgan fingerprint density at radius 3 is 1.61 bits per heavy atom. The normalized spacial score (nSPS) is 16.3. The summed E-state index contributed by atoms with van der Waals surface area (Å²) in [6, 6.07) is 12.7. The molecular weight excluding hydrogens is 532 g/mol. The lowest BCUT2D eigenvalue weighted by Gasteiger charge is -2.33. The summed E-state index contributed by atoms with van der Waals surface area (Å²) >= 11 is 0. The van der Waals surface area contributed by atoms with Gasteiger partial charge < -0.3 is 19.3 Å². The average Bonchev–Trinajstić information content (AvgIpc) is 2.99. The lowest BCUT2D eigenvalue weighted by Crippen LogP contribution is -2.39. The van der Waals surface area contributed by atoms with Crippen LogP contribution in [0, 0.1) is 26.9 Å². The summed E-state index contributed by atoms with van der Waals surface area (Å²) in [6.45, 7) is 2.30. The van der Waals surface area contributed by atoms with Gasteiger partial charge in [0.25, 0.3) is 10.6 Å². The molecule has 4 rings (SSSR count). The highest BCUT2D eigenvalue weighted by Crippen LogP contribution is 2.28. The molecule has 0 saturated carbocycles. The second-order valence-corrected chi connectivity index (χ2v) is 10.7. The Hall–Kier alpha value is -4.22. The van der Waals surface area contributed by atoms with Crippen LogP contribution in [0.15, 0.2) is 48.5 Å². The van der Waals surface area contributed by atoms with Crippen LogP contribution in [0.1, 0.15) is 56.1 Å². The molecule has 0 bridgehead atoms. The highest BCUT2D eigenvalue weighted by Gasteiger charge is 2.27. The van der Waals surface area contributed by atoms with Crippen molar-refractivity contribution < 1.29 is 34.1 Å². The van der Waals surface area contributed by atoms with E-state index in [2.05, 4.69) is 0 Å². The third kappa shape index (κ3) is 8.38. The number of nitrogens with zero attached hydrogens (tertiary/aromatic N) is 4. The second kappa shape index (κ2) is 14.4. The van der Waals surface area contributed by atoms with Crippen LogP contribution in [-0.4, -0.2) is 63.2 Å². The smallest absolute Gasteiger partial charge is 0.410 e. The van der Waals surface area contributed by atoms with Gasteiger partial charge in [0.2, 0.25) is 0 Å². The number of rotatable bonds is 10. The van der Waals surface area contributed by atoms with Crippen molar-refractivity contribution in [3.63, 3.8) is 0 Å². The third-order valence-corrected chi connectivity index (χ3v) is 8.06. The lowest BCUT2D eigenvalue weighted by atomic mass is 9.87. The number of hydrogen-bond acceptors (Lipinski definition) is 7. The summed E-state index contributed by atoms with van der Waals surface area (Å²) in [5.74, 6) is 1.11. The summed E-state index contributed by atoms with van der Waals surface area (Å²) in [5.41, 5.74) is 0.822. The first-order valence-corrected chi connectivity index (χ1v) is 14.1. The maximum absolute atomic E-state index is 12.5. The van der Waals surface area contributed by atoms with Gasteiger partial charge >= 0.3 is 17.9 Å². The van der Waals surface area contributed by atoms with Gasteiger partial charge in [0.15, 0.2) is 0 Å². The monoisotopic (exact) mass is 569 g/mol. The molecule has 0 aliphatic carbocycles. The van der Waals surface area contributed by atoms with Gasteiger partial charge in [-0.2, -0.15) is 0 Å². The summed E-state index contributed by atoms with van der Waals surface area (Å²) in [4.78, 5) is 50.1. The molecule has 220 valence electrons. The SMILES string of the molecule is O=C(OCc1ccccc1[N+](=O)[O-])N1CCC(CCCC2CCN(C(=O)OCc3ccccc3[N+](=O)O)CC2)CC1. The van der Waals surface area contributed by atoms with Crippen molar-refractivity contribution in [3.8, 4) is 0 Å². The number of amides is 2. The summed E-state index contributed by atoms with van der Waals surface area (Å²) < 4.78 is 10.7. The molecular formula is C29H37N4O8+. The Kier molecular flexibility index (Phi) is 10.5. The zero-order valence-electron chi connectivity index (χ0n) is 23.1. The standard InChI is InChI=1S/C29H37N4O8/c34-28(40-20-24-8-1-3-10-26(24)32(36)37)30-16-12-22(13-17-30)6-5-7-23-14-18-31(19-15-23)29(35)41-21-25-9-2-4-11-27(25)33(38)39/h1-4,8-11,22-23H,5-7,12-21H2,(H,36,37)/q+1. The van der Waals surface area contributed by atoms with Gasteiger partial charge in [-0.05, 0) is 49.7 Å². The third-order valence-electron chi connectivity index (χ3n) is 8.06. The minimum Gasteiger partial charge on any atom is -0.444 e. The number of carbonyl (C=O) groups is 2. The Morgan fingerprint density at radius 1 is 0.756 bits per heavy atom.